The van der Waals surface area contributed by atoms with Crippen LogP contribution in [0.4, 0.5) is 0 Å². The average molecular weight is 199 g/mol. The van der Waals surface area contributed by atoms with E-state index in [0.717, 1.165) is 13.0 Å². The van der Waals surface area contributed by atoms with Crippen molar-refractivity contribution in [2.24, 2.45) is 0 Å². The molecule has 3 heteroatoms. The van der Waals surface area contributed by atoms with Crippen LogP contribution in [0.25, 0.3) is 0 Å². The summed E-state index contributed by atoms with van der Waals surface area (Å²) < 4.78 is 0. The van der Waals surface area contributed by atoms with E-state index in [2.05, 4.69) is 25.7 Å². The minimum absolute atomic E-state index is 0.262. The third-order valence-corrected chi connectivity index (χ3v) is 3.27. The van der Waals surface area contributed by atoms with E-state index in [1.807, 2.05) is 0 Å². The van der Waals surface area contributed by atoms with Crippen LogP contribution in [-0.4, -0.2) is 34.1 Å². The Morgan fingerprint density at radius 1 is 1.57 bits per heavy atom. The van der Waals surface area contributed by atoms with Gasteiger partial charge in [-0.05, 0) is 46.6 Å². The van der Waals surface area contributed by atoms with Gasteiger partial charge in [0.1, 0.15) is 0 Å². The highest BCUT2D eigenvalue weighted by Gasteiger charge is 2.34. The summed E-state index contributed by atoms with van der Waals surface area (Å²) in [5.74, 6) is -0.686. The molecule has 1 N–H and O–H groups in total. The third-order valence-electron chi connectivity index (χ3n) is 3.27. The molecule has 0 amide bonds. The number of hydrogen-bond acceptors (Lipinski definition) is 2. The Morgan fingerprint density at radius 2 is 2.21 bits per heavy atom. The quantitative estimate of drug-likeness (QED) is 0.754. The molecule has 0 aromatic heterocycles. The summed E-state index contributed by atoms with van der Waals surface area (Å²) in [6, 6.07) is 0.392. The second-order valence-electron chi connectivity index (χ2n) is 4.89. The number of carboxylic acids is 1. The number of rotatable bonds is 4. The van der Waals surface area contributed by atoms with E-state index in [9.17, 15) is 4.79 Å². The molecule has 0 aliphatic carbocycles. The van der Waals surface area contributed by atoms with Gasteiger partial charge in [-0.2, -0.15) is 0 Å². The first-order valence-corrected chi connectivity index (χ1v) is 5.42. The van der Waals surface area contributed by atoms with Gasteiger partial charge in [-0.25, -0.2) is 0 Å². The number of likely N-dealkylation sites (tertiary alicyclic amines) is 1. The van der Waals surface area contributed by atoms with Crippen LogP contribution in [0.15, 0.2) is 0 Å². The molecule has 0 bridgehead atoms. The molecule has 82 valence electrons. The van der Waals surface area contributed by atoms with Gasteiger partial charge in [0.05, 0.1) is 0 Å². The zero-order valence-corrected chi connectivity index (χ0v) is 9.42. The van der Waals surface area contributed by atoms with E-state index in [4.69, 9.17) is 5.11 Å². The average Bonchev–Trinajstić information content (AvgIpc) is 2.41. The lowest BCUT2D eigenvalue weighted by Gasteiger charge is -2.36. The smallest absolute Gasteiger partial charge is 0.303 e. The van der Waals surface area contributed by atoms with E-state index >= 15 is 0 Å². The van der Waals surface area contributed by atoms with Crippen molar-refractivity contribution in [3.63, 3.8) is 0 Å². The maximum Gasteiger partial charge on any atom is 0.303 e. The first kappa shape index (κ1) is 11.5. The van der Waals surface area contributed by atoms with Crippen LogP contribution in [0.3, 0.4) is 0 Å². The molecule has 1 unspecified atom stereocenters. The van der Waals surface area contributed by atoms with E-state index in [1.165, 1.54) is 12.8 Å². The fourth-order valence-electron chi connectivity index (χ4n) is 2.43. The Balaban J connectivity index is 2.43. The second-order valence-corrected chi connectivity index (χ2v) is 4.89. The lowest BCUT2D eigenvalue weighted by molar-refractivity contribution is -0.137. The summed E-state index contributed by atoms with van der Waals surface area (Å²) in [5.41, 5.74) is 0.262. The lowest BCUT2D eigenvalue weighted by Crippen LogP contribution is -2.44. The predicted molar refractivity (Wildman–Crippen MR) is 56.4 cm³/mol. The van der Waals surface area contributed by atoms with Crippen molar-refractivity contribution < 1.29 is 9.90 Å². The molecule has 14 heavy (non-hydrogen) atoms. The molecule has 1 saturated heterocycles. The predicted octanol–water partition coefficient (Wildman–Crippen LogP) is 2.11. The molecule has 1 fully saturated rings. The Morgan fingerprint density at radius 3 is 2.64 bits per heavy atom. The summed E-state index contributed by atoms with van der Waals surface area (Å²) in [6.45, 7) is 7.75. The van der Waals surface area contributed by atoms with Crippen molar-refractivity contribution in [2.75, 3.05) is 6.54 Å². The Kier molecular flexibility index (Phi) is 3.53. The van der Waals surface area contributed by atoms with E-state index < -0.39 is 5.97 Å². The molecule has 1 aliphatic rings. The summed E-state index contributed by atoms with van der Waals surface area (Å²) in [6.07, 6.45) is 3.52. The standard InChI is InChI=1S/C11H21NO2/c1-9(5-6-10(13)14)12-8-4-7-11(12,2)3/h9H,4-8H2,1-3H3,(H,13,14). The molecule has 1 aliphatic heterocycles. The van der Waals surface area contributed by atoms with Crippen molar-refractivity contribution >= 4 is 5.97 Å². The number of nitrogens with zero attached hydrogens (tertiary/aromatic N) is 1. The normalized spacial score (nSPS) is 23.6. The van der Waals surface area contributed by atoms with Crippen LogP contribution in [0.1, 0.15) is 46.5 Å². The van der Waals surface area contributed by atoms with Gasteiger partial charge < -0.3 is 5.11 Å². The molecular formula is C11H21NO2. The molecule has 0 aromatic rings. The maximum absolute atomic E-state index is 10.5. The minimum atomic E-state index is -0.686. The molecule has 1 rings (SSSR count). The Hall–Kier alpha value is -0.570. The van der Waals surface area contributed by atoms with Crippen LogP contribution in [0, 0.1) is 0 Å². The number of carbonyl (C=O) groups is 1. The van der Waals surface area contributed by atoms with Crippen LogP contribution in [0.5, 0.6) is 0 Å². The topological polar surface area (TPSA) is 40.5 Å². The highest BCUT2D eigenvalue weighted by atomic mass is 16.4. The SMILES string of the molecule is CC(CCC(=O)O)N1CCCC1(C)C. The summed E-state index contributed by atoms with van der Waals surface area (Å²) in [5, 5.41) is 8.62. The third kappa shape index (κ3) is 2.71. The first-order valence-electron chi connectivity index (χ1n) is 5.42. The monoisotopic (exact) mass is 199 g/mol. The van der Waals surface area contributed by atoms with Gasteiger partial charge in [0.25, 0.3) is 0 Å². The van der Waals surface area contributed by atoms with Crippen molar-refractivity contribution in [3.05, 3.63) is 0 Å². The van der Waals surface area contributed by atoms with Crippen molar-refractivity contribution in [2.45, 2.75) is 58.0 Å². The van der Waals surface area contributed by atoms with Gasteiger partial charge in [0, 0.05) is 18.0 Å². The summed E-state index contributed by atoms with van der Waals surface area (Å²) >= 11 is 0. The van der Waals surface area contributed by atoms with Crippen LogP contribution in [-0.2, 0) is 4.79 Å². The summed E-state index contributed by atoms with van der Waals surface area (Å²) in [7, 11) is 0. The Labute approximate surface area is 86.1 Å². The van der Waals surface area contributed by atoms with Gasteiger partial charge in [-0.15, -0.1) is 0 Å². The zero-order chi connectivity index (χ0) is 10.8. The number of hydrogen-bond donors (Lipinski definition) is 1. The largest absolute Gasteiger partial charge is 0.481 e. The van der Waals surface area contributed by atoms with E-state index in [0.29, 0.717) is 6.04 Å². The first-order chi connectivity index (χ1) is 6.43. The Bertz CT molecular complexity index is 213. The molecular weight excluding hydrogens is 178 g/mol. The van der Waals surface area contributed by atoms with Crippen molar-refractivity contribution in [1.82, 2.24) is 4.90 Å². The fraction of sp³-hybridized carbons (Fsp3) is 0.909. The molecule has 1 atom stereocenters. The molecule has 3 nitrogen and oxygen atoms in total. The number of carboxylic acid groups (broad SMARTS) is 1. The van der Waals surface area contributed by atoms with Crippen LogP contribution in [0.2, 0.25) is 0 Å². The van der Waals surface area contributed by atoms with Gasteiger partial charge in [0.15, 0.2) is 0 Å². The molecule has 1 heterocycles. The van der Waals surface area contributed by atoms with Crippen molar-refractivity contribution in [3.8, 4) is 0 Å². The second kappa shape index (κ2) is 4.30. The van der Waals surface area contributed by atoms with Crippen molar-refractivity contribution in [1.29, 1.82) is 0 Å². The minimum Gasteiger partial charge on any atom is -0.481 e. The molecule has 0 radical (unpaired) electrons. The molecule has 0 saturated carbocycles. The van der Waals surface area contributed by atoms with E-state index in [1.54, 1.807) is 0 Å². The highest BCUT2D eigenvalue weighted by molar-refractivity contribution is 5.66. The molecule has 0 aromatic carbocycles. The van der Waals surface area contributed by atoms with E-state index in [-0.39, 0.29) is 12.0 Å². The highest BCUT2D eigenvalue weighted by Crippen LogP contribution is 2.31. The zero-order valence-electron chi connectivity index (χ0n) is 9.42. The maximum atomic E-state index is 10.5. The summed E-state index contributed by atoms with van der Waals surface area (Å²) in [4.78, 5) is 12.9. The number of aliphatic carboxylic acids is 1. The van der Waals surface area contributed by atoms with Gasteiger partial charge in [0.2, 0.25) is 0 Å². The van der Waals surface area contributed by atoms with Crippen LogP contribution >= 0.6 is 0 Å². The fourth-order valence-corrected chi connectivity index (χ4v) is 2.43. The van der Waals surface area contributed by atoms with Crippen LogP contribution < -0.4 is 0 Å². The lowest BCUT2D eigenvalue weighted by atomic mass is 9.99. The molecule has 0 spiro atoms. The van der Waals surface area contributed by atoms with Gasteiger partial charge in [-0.1, -0.05) is 0 Å². The van der Waals surface area contributed by atoms with Gasteiger partial charge in [-0.3, -0.25) is 9.69 Å². The van der Waals surface area contributed by atoms with Gasteiger partial charge >= 0.3 is 5.97 Å².